The number of fused-ring (bicyclic) bond motifs is 1. The van der Waals surface area contributed by atoms with Gasteiger partial charge in [-0.15, -0.1) is 0 Å². The predicted octanol–water partition coefficient (Wildman–Crippen LogP) is 3.06. The van der Waals surface area contributed by atoms with Crippen LogP contribution in [0.25, 0.3) is 16.7 Å². The maximum absolute atomic E-state index is 13.5. The Labute approximate surface area is 104 Å². The molecule has 0 aliphatic heterocycles. The topological polar surface area (TPSA) is 43.8 Å². The molecule has 2 aromatic carbocycles. The van der Waals surface area contributed by atoms with Gasteiger partial charge in [0.1, 0.15) is 5.82 Å². The van der Waals surface area contributed by atoms with Crippen LogP contribution in [0.5, 0.6) is 0 Å². The molecule has 0 saturated heterocycles. The fourth-order valence-corrected chi connectivity index (χ4v) is 2.07. The third-order valence-electron chi connectivity index (χ3n) is 2.98. The number of nitrogen functional groups attached to an aromatic ring is 1. The minimum atomic E-state index is -0.264. The van der Waals surface area contributed by atoms with E-state index in [0.717, 1.165) is 11.2 Å². The number of nitrogens with zero attached hydrogens (tertiary/aromatic N) is 2. The standard InChI is InChI=1S/C14H12FN3/c1-9-7-13-12(8-11(9)15)17-14(16)18(13)10-5-3-2-4-6-10/h2-8H,1H3,(H2,16,17). The normalized spacial score (nSPS) is 11.0. The van der Waals surface area contributed by atoms with Crippen LogP contribution in [0.3, 0.4) is 0 Å². The Bertz CT molecular complexity index is 717. The summed E-state index contributed by atoms with van der Waals surface area (Å²) in [7, 11) is 0. The molecule has 0 radical (unpaired) electrons. The smallest absolute Gasteiger partial charge is 0.205 e. The second-order valence-corrected chi connectivity index (χ2v) is 4.23. The zero-order valence-corrected chi connectivity index (χ0v) is 9.89. The fraction of sp³-hybridized carbons (Fsp3) is 0.0714. The average Bonchev–Trinajstić information content (AvgIpc) is 2.66. The lowest BCUT2D eigenvalue weighted by Crippen LogP contribution is -2.00. The van der Waals surface area contributed by atoms with E-state index >= 15 is 0 Å². The van der Waals surface area contributed by atoms with E-state index in [4.69, 9.17) is 5.73 Å². The number of halogens is 1. The highest BCUT2D eigenvalue weighted by Crippen LogP contribution is 2.25. The van der Waals surface area contributed by atoms with E-state index < -0.39 is 0 Å². The number of nitrogens with two attached hydrogens (primary N) is 1. The van der Waals surface area contributed by atoms with E-state index in [0.29, 0.717) is 17.0 Å². The SMILES string of the molecule is Cc1cc2c(cc1F)nc(N)n2-c1ccccc1. The van der Waals surface area contributed by atoms with Gasteiger partial charge in [0, 0.05) is 11.8 Å². The van der Waals surface area contributed by atoms with Crippen molar-refractivity contribution in [1.82, 2.24) is 9.55 Å². The van der Waals surface area contributed by atoms with E-state index in [-0.39, 0.29) is 5.82 Å². The van der Waals surface area contributed by atoms with Gasteiger partial charge in [-0.1, -0.05) is 18.2 Å². The van der Waals surface area contributed by atoms with Gasteiger partial charge in [-0.05, 0) is 30.7 Å². The molecule has 0 atom stereocenters. The molecular weight excluding hydrogens is 229 g/mol. The number of hydrogen-bond acceptors (Lipinski definition) is 2. The Morgan fingerprint density at radius 1 is 1.17 bits per heavy atom. The minimum absolute atomic E-state index is 0.264. The van der Waals surface area contributed by atoms with Crippen LogP contribution >= 0.6 is 0 Å². The number of aryl methyl sites for hydroxylation is 1. The molecule has 90 valence electrons. The zero-order chi connectivity index (χ0) is 12.7. The summed E-state index contributed by atoms with van der Waals surface area (Å²) in [5, 5.41) is 0. The van der Waals surface area contributed by atoms with Gasteiger partial charge in [0.05, 0.1) is 11.0 Å². The van der Waals surface area contributed by atoms with Gasteiger partial charge in [0.2, 0.25) is 5.95 Å². The van der Waals surface area contributed by atoms with Gasteiger partial charge in [0.25, 0.3) is 0 Å². The Kier molecular flexibility index (Phi) is 2.30. The summed E-state index contributed by atoms with van der Waals surface area (Å²) in [4.78, 5) is 4.19. The van der Waals surface area contributed by atoms with Crippen LogP contribution in [0, 0.1) is 12.7 Å². The number of imidazole rings is 1. The molecule has 0 spiro atoms. The first-order valence-corrected chi connectivity index (χ1v) is 5.66. The summed E-state index contributed by atoms with van der Waals surface area (Å²) in [5.41, 5.74) is 8.80. The number of anilines is 1. The van der Waals surface area contributed by atoms with Crippen molar-refractivity contribution in [3.63, 3.8) is 0 Å². The maximum atomic E-state index is 13.5. The van der Waals surface area contributed by atoms with Crippen molar-refractivity contribution in [1.29, 1.82) is 0 Å². The van der Waals surface area contributed by atoms with Gasteiger partial charge in [-0.25, -0.2) is 9.37 Å². The van der Waals surface area contributed by atoms with Crippen LogP contribution in [0.2, 0.25) is 0 Å². The third-order valence-corrected chi connectivity index (χ3v) is 2.98. The van der Waals surface area contributed by atoms with Crippen molar-refractivity contribution in [2.75, 3.05) is 5.73 Å². The summed E-state index contributed by atoms with van der Waals surface area (Å²) >= 11 is 0. The van der Waals surface area contributed by atoms with Crippen LogP contribution in [0.15, 0.2) is 42.5 Å². The predicted molar refractivity (Wildman–Crippen MR) is 70.2 cm³/mol. The first-order valence-electron chi connectivity index (χ1n) is 5.66. The average molecular weight is 241 g/mol. The Balaban J connectivity index is 2.36. The van der Waals surface area contributed by atoms with E-state index in [2.05, 4.69) is 4.98 Å². The van der Waals surface area contributed by atoms with Crippen LogP contribution < -0.4 is 5.73 Å². The summed E-state index contributed by atoms with van der Waals surface area (Å²) in [6, 6.07) is 12.9. The maximum Gasteiger partial charge on any atom is 0.205 e. The van der Waals surface area contributed by atoms with Crippen LogP contribution in [-0.2, 0) is 0 Å². The lowest BCUT2D eigenvalue weighted by Gasteiger charge is -2.06. The third kappa shape index (κ3) is 1.54. The highest BCUT2D eigenvalue weighted by atomic mass is 19.1. The van der Waals surface area contributed by atoms with Crippen LogP contribution in [-0.4, -0.2) is 9.55 Å². The molecule has 0 amide bonds. The van der Waals surface area contributed by atoms with Crippen molar-refractivity contribution in [2.24, 2.45) is 0 Å². The molecule has 0 unspecified atom stereocenters. The number of benzene rings is 2. The highest BCUT2D eigenvalue weighted by Gasteiger charge is 2.11. The Hall–Kier alpha value is -2.36. The lowest BCUT2D eigenvalue weighted by molar-refractivity contribution is 0.620. The Morgan fingerprint density at radius 3 is 2.61 bits per heavy atom. The molecule has 18 heavy (non-hydrogen) atoms. The largest absolute Gasteiger partial charge is 0.369 e. The zero-order valence-electron chi connectivity index (χ0n) is 9.89. The first-order chi connectivity index (χ1) is 8.66. The van der Waals surface area contributed by atoms with E-state index in [9.17, 15) is 4.39 Å². The molecule has 3 nitrogen and oxygen atoms in total. The quantitative estimate of drug-likeness (QED) is 0.711. The molecule has 3 aromatic rings. The van der Waals surface area contributed by atoms with Crippen molar-refractivity contribution in [2.45, 2.75) is 6.92 Å². The van der Waals surface area contributed by atoms with Crippen molar-refractivity contribution < 1.29 is 4.39 Å². The molecule has 0 aliphatic carbocycles. The molecular formula is C14H12FN3. The summed E-state index contributed by atoms with van der Waals surface area (Å²) in [5.74, 6) is 0.0985. The van der Waals surface area contributed by atoms with Gasteiger partial charge < -0.3 is 5.73 Å². The van der Waals surface area contributed by atoms with Gasteiger partial charge in [-0.2, -0.15) is 0 Å². The molecule has 0 aliphatic rings. The van der Waals surface area contributed by atoms with Gasteiger partial charge >= 0.3 is 0 Å². The first kappa shape index (κ1) is 10.8. The lowest BCUT2D eigenvalue weighted by atomic mass is 10.2. The highest BCUT2D eigenvalue weighted by molar-refractivity contribution is 5.81. The molecule has 3 rings (SSSR count). The molecule has 0 bridgehead atoms. The van der Waals surface area contributed by atoms with E-state index in [1.54, 1.807) is 13.0 Å². The number of para-hydroxylation sites is 1. The van der Waals surface area contributed by atoms with Crippen LogP contribution in [0.1, 0.15) is 5.56 Å². The number of rotatable bonds is 1. The fourth-order valence-electron chi connectivity index (χ4n) is 2.07. The second-order valence-electron chi connectivity index (χ2n) is 4.23. The monoisotopic (exact) mass is 241 g/mol. The minimum Gasteiger partial charge on any atom is -0.369 e. The molecule has 1 heterocycles. The number of hydrogen-bond donors (Lipinski definition) is 1. The molecule has 4 heteroatoms. The van der Waals surface area contributed by atoms with E-state index in [1.807, 2.05) is 34.9 Å². The van der Waals surface area contributed by atoms with Crippen molar-refractivity contribution in [3.8, 4) is 5.69 Å². The van der Waals surface area contributed by atoms with Crippen LogP contribution in [0.4, 0.5) is 10.3 Å². The van der Waals surface area contributed by atoms with Crippen molar-refractivity contribution >= 4 is 17.0 Å². The Morgan fingerprint density at radius 2 is 1.89 bits per heavy atom. The van der Waals surface area contributed by atoms with Crippen molar-refractivity contribution in [3.05, 3.63) is 53.8 Å². The summed E-state index contributed by atoms with van der Waals surface area (Å²) < 4.78 is 15.3. The molecule has 2 N–H and O–H groups in total. The summed E-state index contributed by atoms with van der Waals surface area (Å²) in [6.07, 6.45) is 0. The van der Waals surface area contributed by atoms with Gasteiger partial charge in [0.15, 0.2) is 0 Å². The van der Waals surface area contributed by atoms with E-state index in [1.165, 1.54) is 6.07 Å². The molecule has 0 fully saturated rings. The molecule has 1 aromatic heterocycles. The summed E-state index contributed by atoms with van der Waals surface area (Å²) in [6.45, 7) is 1.73. The second kappa shape index (κ2) is 3.84. The van der Waals surface area contributed by atoms with Gasteiger partial charge in [-0.3, -0.25) is 4.57 Å². The molecule has 0 saturated carbocycles. The number of aromatic nitrogens is 2.